The lowest BCUT2D eigenvalue weighted by Gasteiger charge is -2.12. The third kappa shape index (κ3) is 4.74. The molecule has 0 radical (unpaired) electrons. The van der Waals surface area contributed by atoms with Gasteiger partial charge in [-0.15, -0.1) is 0 Å². The lowest BCUT2D eigenvalue weighted by molar-refractivity contribution is 0.0950. The van der Waals surface area contributed by atoms with Gasteiger partial charge in [0, 0.05) is 23.9 Å². The summed E-state index contributed by atoms with van der Waals surface area (Å²) in [5.74, 6) is 1.47. The number of nitrogens with zero attached hydrogens (tertiary/aromatic N) is 3. The van der Waals surface area contributed by atoms with Crippen molar-refractivity contribution in [3.05, 3.63) is 59.8 Å². The van der Waals surface area contributed by atoms with E-state index in [2.05, 4.69) is 33.7 Å². The number of hydrogen-bond donors (Lipinski definition) is 2. The number of rotatable bonds is 7. The van der Waals surface area contributed by atoms with E-state index in [-0.39, 0.29) is 5.91 Å². The van der Waals surface area contributed by atoms with Crippen LogP contribution in [0.3, 0.4) is 0 Å². The highest BCUT2D eigenvalue weighted by atomic mass is 16.5. The van der Waals surface area contributed by atoms with Crippen molar-refractivity contribution in [1.29, 1.82) is 0 Å². The minimum atomic E-state index is -0.138. The van der Waals surface area contributed by atoms with Crippen molar-refractivity contribution in [3.8, 4) is 16.9 Å². The van der Waals surface area contributed by atoms with Crippen LogP contribution in [0, 0.1) is 12.8 Å². The van der Waals surface area contributed by atoms with Gasteiger partial charge in [0.2, 0.25) is 0 Å². The first kappa shape index (κ1) is 20.4. The first-order valence-corrected chi connectivity index (χ1v) is 9.57. The molecule has 1 amide bonds. The largest absolute Gasteiger partial charge is 0.495 e. The maximum absolute atomic E-state index is 12.5. The van der Waals surface area contributed by atoms with Gasteiger partial charge in [0.1, 0.15) is 11.6 Å². The van der Waals surface area contributed by atoms with Crippen molar-refractivity contribution in [1.82, 2.24) is 19.9 Å². The zero-order valence-electron chi connectivity index (χ0n) is 17.3. The van der Waals surface area contributed by atoms with E-state index in [9.17, 15) is 4.79 Å². The van der Waals surface area contributed by atoms with Gasteiger partial charge in [-0.1, -0.05) is 26.0 Å². The summed E-state index contributed by atoms with van der Waals surface area (Å²) in [5.41, 5.74) is 10.0. The SMILES string of the molecule is COc1cc(-c2ccc(C(=O)NCc3cncn3CC(C)C)cc2)c(N)nc1C. The number of benzene rings is 1. The Kier molecular flexibility index (Phi) is 6.16. The predicted molar refractivity (Wildman–Crippen MR) is 114 cm³/mol. The van der Waals surface area contributed by atoms with E-state index >= 15 is 0 Å². The fourth-order valence-corrected chi connectivity index (χ4v) is 3.17. The Labute approximate surface area is 170 Å². The summed E-state index contributed by atoms with van der Waals surface area (Å²) in [6.07, 6.45) is 3.58. The second-order valence-corrected chi connectivity index (χ2v) is 7.40. The normalized spacial score (nSPS) is 10.9. The molecule has 0 unspecified atom stereocenters. The van der Waals surface area contributed by atoms with E-state index in [0.29, 0.717) is 29.6 Å². The fraction of sp³-hybridized carbons (Fsp3) is 0.318. The summed E-state index contributed by atoms with van der Waals surface area (Å²) in [6, 6.07) is 9.15. The average Bonchev–Trinajstić information content (AvgIpc) is 3.12. The molecule has 3 aromatic rings. The number of anilines is 1. The summed E-state index contributed by atoms with van der Waals surface area (Å²) in [4.78, 5) is 21.0. The summed E-state index contributed by atoms with van der Waals surface area (Å²) in [6.45, 7) is 7.44. The molecule has 0 aliphatic rings. The van der Waals surface area contributed by atoms with Crippen LogP contribution in [0.5, 0.6) is 5.75 Å². The number of aryl methyl sites for hydroxylation is 1. The number of carbonyl (C=O) groups is 1. The number of hydrogen-bond acceptors (Lipinski definition) is 5. The highest BCUT2D eigenvalue weighted by molar-refractivity contribution is 5.94. The van der Waals surface area contributed by atoms with Crippen LogP contribution in [0.25, 0.3) is 11.1 Å². The average molecular weight is 393 g/mol. The molecular weight excluding hydrogens is 366 g/mol. The number of amides is 1. The second kappa shape index (κ2) is 8.77. The molecule has 0 bridgehead atoms. The minimum absolute atomic E-state index is 0.138. The molecule has 0 spiro atoms. The Hall–Kier alpha value is -3.35. The Bertz CT molecular complexity index is 993. The number of pyridine rings is 1. The molecule has 0 aliphatic carbocycles. The summed E-state index contributed by atoms with van der Waals surface area (Å²) in [5, 5.41) is 2.95. The fourth-order valence-electron chi connectivity index (χ4n) is 3.17. The first-order chi connectivity index (χ1) is 13.9. The van der Waals surface area contributed by atoms with E-state index < -0.39 is 0 Å². The van der Waals surface area contributed by atoms with Gasteiger partial charge in [0.25, 0.3) is 5.91 Å². The third-order valence-corrected chi connectivity index (χ3v) is 4.66. The maximum atomic E-state index is 12.5. The second-order valence-electron chi connectivity index (χ2n) is 7.40. The van der Waals surface area contributed by atoms with Crippen molar-refractivity contribution >= 4 is 11.7 Å². The zero-order chi connectivity index (χ0) is 21.0. The van der Waals surface area contributed by atoms with Gasteiger partial charge in [-0.3, -0.25) is 4.79 Å². The van der Waals surface area contributed by atoms with Crippen LogP contribution in [0.2, 0.25) is 0 Å². The van der Waals surface area contributed by atoms with E-state index in [1.807, 2.05) is 25.1 Å². The van der Waals surface area contributed by atoms with E-state index in [0.717, 1.165) is 29.1 Å². The van der Waals surface area contributed by atoms with Gasteiger partial charge < -0.3 is 20.4 Å². The van der Waals surface area contributed by atoms with Gasteiger partial charge >= 0.3 is 0 Å². The molecule has 0 saturated heterocycles. The van der Waals surface area contributed by atoms with Crippen molar-refractivity contribution in [2.24, 2.45) is 5.92 Å². The zero-order valence-corrected chi connectivity index (χ0v) is 17.3. The van der Waals surface area contributed by atoms with Gasteiger partial charge in [-0.05, 0) is 36.6 Å². The van der Waals surface area contributed by atoms with Crippen LogP contribution < -0.4 is 15.8 Å². The van der Waals surface area contributed by atoms with Crippen molar-refractivity contribution < 1.29 is 9.53 Å². The van der Waals surface area contributed by atoms with Crippen molar-refractivity contribution in [2.45, 2.75) is 33.9 Å². The summed E-state index contributed by atoms with van der Waals surface area (Å²) in [7, 11) is 1.60. The molecule has 0 fully saturated rings. The monoisotopic (exact) mass is 393 g/mol. The highest BCUT2D eigenvalue weighted by Gasteiger charge is 2.12. The van der Waals surface area contributed by atoms with Crippen molar-refractivity contribution in [2.75, 3.05) is 12.8 Å². The molecule has 7 nitrogen and oxygen atoms in total. The molecule has 2 aromatic heterocycles. The molecule has 0 atom stereocenters. The molecule has 2 heterocycles. The van der Waals surface area contributed by atoms with Crippen LogP contribution >= 0.6 is 0 Å². The highest BCUT2D eigenvalue weighted by Crippen LogP contribution is 2.30. The van der Waals surface area contributed by atoms with Gasteiger partial charge in [-0.2, -0.15) is 0 Å². The van der Waals surface area contributed by atoms with Crippen LogP contribution in [-0.2, 0) is 13.1 Å². The molecule has 3 N–H and O–H groups in total. The third-order valence-electron chi connectivity index (χ3n) is 4.66. The predicted octanol–water partition coefficient (Wildman–Crippen LogP) is 3.43. The number of aromatic nitrogens is 3. The van der Waals surface area contributed by atoms with E-state index in [1.54, 1.807) is 31.8 Å². The number of ether oxygens (including phenoxy) is 1. The standard InChI is InChI=1S/C22H27N5O2/c1-14(2)12-27-13-24-10-18(27)11-25-22(28)17-7-5-16(6-8-17)19-9-20(29-4)15(3)26-21(19)23/h5-10,13-14H,11-12H2,1-4H3,(H2,23,26)(H,25,28). The van der Waals surface area contributed by atoms with Crippen molar-refractivity contribution in [3.63, 3.8) is 0 Å². The number of methoxy groups -OCH3 is 1. The maximum Gasteiger partial charge on any atom is 0.251 e. The summed E-state index contributed by atoms with van der Waals surface area (Å²) >= 11 is 0. The first-order valence-electron chi connectivity index (χ1n) is 9.57. The molecular formula is C22H27N5O2. The number of carbonyl (C=O) groups excluding carboxylic acids is 1. The Morgan fingerprint density at radius 1 is 1.28 bits per heavy atom. The molecule has 1 aromatic carbocycles. The minimum Gasteiger partial charge on any atom is -0.495 e. The lowest BCUT2D eigenvalue weighted by Crippen LogP contribution is -2.24. The van der Waals surface area contributed by atoms with Crippen LogP contribution in [0.4, 0.5) is 5.82 Å². The summed E-state index contributed by atoms with van der Waals surface area (Å²) < 4.78 is 7.40. The topological polar surface area (TPSA) is 95.1 Å². The lowest BCUT2D eigenvalue weighted by atomic mass is 10.0. The van der Waals surface area contributed by atoms with E-state index in [4.69, 9.17) is 10.5 Å². The molecule has 3 rings (SSSR count). The molecule has 0 aliphatic heterocycles. The van der Waals surface area contributed by atoms with Gasteiger partial charge in [0.05, 0.1) is 31.4 Å². The number of nitrogens with two attached hydrogens (primary N) is 1. The molecule has 152 valence electrons. The number of nitrogen functional groups attached to an aromatic ring is 1. The van der Waals surface area contributed by atoms with Crippen LogP contribution in [-0.4, -0.2) is 27.6 Å². The van der Waals surface area contributed by atoms with E-state index in [1.165, 1.54) is 0 Å². The van der Waals surface area contributed by atoms with Gasteiger partial charge in [-0.25, -0.2) is 9.97 Å². The van der Waals surface area contributed by atoms with Gasteiger partial charge in [0.15, 0.2) is 0 Å². The smallest absolute Gasteiger partial charge is 0.251 e. The molecule has 29 heavy (non-hydrogen) atoms. The van der Waals surface area contributed by atoms with Crippen LogP contribution in [0.15, 0.2) is 42.9 Å². The van der Waals surface area contributed by atoms with Crippen LogP contribution in [0.1, 0.15) is 35.6 Å². The Morgan fingerprint density at radius 2 is 2.00 bits per heavy atom. The molecule has 7 heteroatoms. The Balaban J connectivity index is 1.71. The molecule has 0 saturated carbocycles. The Morgan fingerprint density at radius 3 is 2.66 bits per heavy atom. The number of nitrogens with one attached hydrogen (secondary N) is 1. The quantitative estimate of drug-likeness (QED) is 0.641. The number of imidazole rings is 1.